The minimum atomic E-state index is -4.65. The average Bonchev–Trinajstić information content (AvgIpc) is 3.27. The molecule has 3 N–H and O–H groups in total. The molecule has 3 heterocycles. The minimum absolute atomic E-state index is 0.0775. The van der Waals surface area contributed by atoms with E-state index in [2.05, 4.69) is 24.7 Å². The molecule has 3 aromatic heterocycles. The van der Waals surface area contributed by atoms with E-state index < -0.39 is 6.36 Å². The van der Waals surface area contributed by atoms with Crippen LogP contribution in [0, 0.1) is 6.92 Å². The van der Waals surface area contributed by atoms with Gasteiger partial charge < -0.3 is 20.0 Å². The summed E-state index contributed by atoms with van der Waals surface area (Å²) in [4.78, 5) is 25.7. The van der Waals surface area contributed by atoms with E-state index in [4.69, 9.17) is 5.73 Å². The van der Waals surface area contributed by atoms with Gasteiger partial charge in [-0.05, 0) is 31.6 Å². The van der Waals surface area contributed by atoms with E-state index in [0.29, 0.717) is 23.8 Å². The summed E-state index contributed by atoms with van der Waals surface area (Å²) in [6.07, 6.45) is 6.91. The molecule has 1 aliphatic carbocycles. The summed E-state index contributed by atoms with van der Waals surface area (Å²) >= 11 is 0. The molecule has 12 heteroatoms. The summed E-state index contributed by atoms with van der Waals surface area (Å²) < 4.78 is 43.4. The lowest BCUT2D eigenvalue weighted by Crippen LogP contribution is -2.16. The summed E-state index contributed by atoms with van der Waals surface area (Å²) in [7, 11) is 3.38. The zero-order valence-electron chi connectivity index (χ0n) is 21.9. The van der Waals surface area contributed by atoms with E-state index in [-0.39, 0.29) is 17.9 Å². The molecule has 0 radical (unpaired) electrons. The van der Waals surface area contributed by atoms with Gasteiger partial charge in [0.15, 0.2) is 0 Å². The van der Waals surface area contributed by atoms with Crippen LogP contribution in [0.5, 0.6) is 0 Å². The van der Waals surface area contributed by atoms with Gasteiger partial charge in [-0.1, -0.05) is 26.0 Å². The SMILES string of the molecule is CC.CN=C(C)N.Cc1cn(Cc2cccnc2)c(=O)[nH]1.Cn1cnc2c1C=C(OC(F)(F)F)CC=C2. The van der Waals surface area contributed by atoms with Gasteiger partial charge >= 0.3 is 12.1 Å². The van der Waals surface area contributed by atoms with Crippen LogP contribution < -0.4 is 11.4 Å². The molecule has 0 fully saturated rings. The Kier molecular flexibility index (Phi) is 12.6. The van der Waals surface area contributed by atoms with E-state index in [1.165, 1.54) is 6.08 Å². The van der Waals surface area contributed by atoms with Crippen LogP contribution in [0.4, 0.5) is 13.2 Å². The number of H-pyrrole nitrogens is 1. The van der Waals surface area contributed by atoms with E-state index in [1.807, 2.05) is 32.9 Å². The number of nitrogens with two attached hydrogens (primary N) is 1. The van der Waals surface area contributed by atoms with Crippen LogP contribution in [0.2, 0.25) is 0 Å². The topological polar surface area (TPSA) is 116 Å². The number of hydrogen-bond acceptors (Lipinski definition) is 5. The van der Waals surface area contributed by atoms with Gasteiger partial charge in [-0.2, -0.15) is 0 Å². The van der Waals surface area contributed by atoms with E-state index >= 15 is 0 Å². The van der Waals surface area contributed by atoms with Gasteiger partial charge in [-0.25, -0.2) is 9.78 Å². The highest BCUT2D eigenvalue weighted by atomic mass is 19.4. The van der Waals surface area contributed by atoms with Gasteiger partial charge in [0.1, 0.15) is 5.76 Å². The first-order chi connectivity index (χ1) is 17.5. The largest absolute Gasteiger partial charge is 0.572 e. The quantitative estimate of drug-likeness (QED) is 0.384. The lowest BCUT2D eigenvalue weighted by Gasteiger charge is -2.10. The Labute approximate surface area is 214 Å². The number of hydrogen-bond donors (Lipinski definition) is 2. The maximum atomic E-state index is 12.1. The number of halogens is 3. The Morgan fingerprint density at radius 2 is 2.00 bits per heavy atom. The first kappa shape index (κ1) is 30.9. The van der Waals surface area contributed by atoms with Crippen LogP contribution in [-0.4, -0.2) is 43.3 Å². The Bertz CT molecular complexity index is 1230. The second kappa shape index (κ2) is 15.1. The van der Waals surface area contributed by atoms with Gasteiger partial charge in [0.2, 0.25) is 0 Å². The minimum Gasteiger partial charge on any atom is -0.410 e. The fourth-order valence-corrected chi connectivity index (χ4v) is 2.85. The molecule has 3 aromatic rings. The van der Waals surface area contributed by atoms with Crippen LogP contribution in [-0.2, 0) is 18.3 Å². The third-order valence-corrected chi connectivity index (χ3v) is 4.49. The lowest BCUT2D eigenvalue weighted by molar-refractivity contribution is -0.305. The normalized spacial score (nSPS) is 12.4. The van der Waals surface area contributed by atoms with Crippen LogP contribution in [0.1, 0.15) is 49.8 Å². The Balaban J connectivity index is 0.000000299. The van der Waals surface area contributed by atoms with Crippen molar-refractivity contribution >= 4 is 18.0 Å². The van der Waals surface area contributed by atoms with Crippen LogP contribution in [0.15, 0.2) is 58.7 Å². The number of nitrogens with one attached hydrogen (secondary N) is 1. The summed E-state index contributed by atoms with van der Waals surface area (Å²) in [5.74, 6) is 0.496. The number of aryl methyl sites for hydroxylation is 2. The van der Waals surface area contributed by atoms with Gasteiger partial charge in [0, 0.05) is 50.9 Å². The van der Waals surface area contributed by atoms with Crippen molar-refractivity contribution in [3.05, 3.63) is 82.0 Å². The van der Waals surface area contributed by atoms with Crippen molar-refractivity contribution in [2.75, 3.05) is 7.05 Å². The Morgan fingerprint density at radius 3 is 2.51 bits per heavy atom. The molecule has 4 rings (SSSR count). The molecule has 0 aromatic carbocycles. The molecule has 0 atom stereocenters. The number of allylic oxidation sites excluding steroid dienone is 1. The highest BCUT2D eigenvalue weighted by Gasteiger charge is 2.32. The number of aliphatic imine (C=N–C) groups is 1. The molecule has 0 spiro atoms. The van der Waals surface area contributed by atoms with Crippen LogP contribution in [0.3, 0.4) is 0 Å². The third-order valence-electron chi connectivity index (χ3n) is 4.49. The molecule has 37 heavy (non-hydrogen) atoms. The number of imidazole rings is 2. The van der Waals surface area contributed by atoms with Gasteiger partial charge in [0.25, 0.3) is 0 Å². The average molecular weight is 522 g/mol. The first-order valence-electron chi connectivity index (χ1n) is 11.5. The van der Waals surface area contributed by atoms with Gasteiger partial charge in [0.05, 0.1) is 30.1 Å². The molecule has 0 saturated heterocycles. The number of aromatic amines is 1. The van der Waals surface area contributed by atoms with Gasteiger partial charge in [-0.15, -0.1) is 13.2 Å². The van der Waals surface area contributed by atoms with Crippen molar-refractivity contribution in [3.63, 3.8) is 0 Å². The summed E-state index contributed by atoms with van der Waals surface area (Å²) in [5, 5.41) is 0. The van der Waals surface area contributed by atoms with Crippen molar-refractivity contribution in [2.45, 2.75) is 47.0 Å². The molecular formula is C25H34F3N7O2. The standard InChI is InChI=1S/C10H9F3N2O.C10H11N3O.C3H8N2.C2H6/c1-15-6-14-8-4-2-3-7(5-9(8)15)16-10(11,12)13;1-8-6-13(10(14)12-8)7-9-3-2-4-11-5-9;1-3(4)5-2;1-2/h2,4-6H,3H2,1H3;2-6H,7H2,1H3,(H,12,14);1-2H3,(H2,4,5);1-2H3. The molecule has 0 bridgehead atoms. The fourth-order valence-electron chi connectivity index (χ4n) is 2.85. The number of amidine groups is 1. The first-order valence-corrected chi connectivity index (χ1v) is 11.5. The summed E-state index contributed by atoms with van der Waals surface area (Å²) in [6.45, 7) is 8.18. The Morgan fingerprint density at radius 1 is 1.32 bits per heavy atom. The summed E-state index contributed by atoms with van der Waals surface area (Å²) in [6, 6.07) is 3.81. The van der Waals surface area contributed by atoms with Crippen LogP contribution >= 0.6 is 0 Å². The number of pyridine rings is 1. The van der Waals surface area contributed by atoms with Crippen molar-refractivity contribution < 1.29 is 17.9 Å². The molecule has 0 saturated carbocycles. The van der Waals surface area contributed by atoms with Crippen molar-refractivity contribution in [3.8, 4) is 0 Å². The lowest BCUT2D eigenvalue weighted by atomic mass is 10.3. The second-order valence-electron chi connectivity index (χ2n) is 7.49. The van der Waals surface area contributed by atoms with E-state index in [9.17, 15) is 18.0 Å². The number of ether oxygens (including phenoxy) is 1. The zero-order chi connectivity index (χ0) is 28.0. The molecule has 9 nitrogen and oxygen atoms in total. The molecule has 0 unspecified atom stereocenters. The Hall–Kier alpha value is -4.09. The molecule has 0 amide bonds. The predicted molar refractivity (Wildman–Crippen MR) is 140 cm³/mol. The van der Waals surface area contributed by atoms with Crippen LogP contribution in [0.25, 0.3) is 12.2 Å². The fraction of sp³-hybridized carbons (Fsp3) is 0.360. The third kappa shape index (κ3) is 11.5. The van der Waals surface area contributed by atoms with Crippen molar-refractivity contribution in [2.24, 2.45) is 17.8 Å². The van der Waals surface area contributed by atoms with Crippen molar-refractivity contribution in [1.82, 2.24) is 24.1 Å². The number of rotatable bonds is 3. The second-order valence-corrected chi connectivity index (χ2v) is 7.49. The number of aromatic nitrogens is 5. The maximum absolute atomic E-state index is 12.1. The van der Waals surface area contributed by atoms with Gasteiger partial charge in [-0.3, -0.25) is 14.5 Å². The number of alkyl halides is 3. The highest BCUT2D eigenvalue weighted by Crippen LogP contribution is 2.27. The highest BCUT2D eigenvalue weighted by molar-refractivity contribution is 5.77. The zero-order valence-corrected chi connectivity index (χ0v) is 21.9. The summed E-state index contributed by atoms with van der Waals surface area (Å²) in [5.41, 5.74) is 8.11. The maximum Gasteiger partial charge on any atom is 0.572 e. The number of fused-ring (bicyclic) bond motifs is 1. The van der Waals surface area contributed by atoms with E-state index in [1.54, 1.807) is 67.2 Å². The van der Waals surface area contributed by atoms with Crippen molar-refractivity contribution in [1.29, 1.82) is 0 Å². The smallest absolute Gasteiger partial charge is 0.410 e. The predicted octanol–water partition coefficient (Wildman–Crippen LogP) is 4.66. The molecular weight excluding hydrogens is 487 g/mol. The number of nitrogens with zero attached hydrogens (tertiary/aromatic N) is 5. The molecule has 1 aliphatic rings. The van der Waals surface area contributed by atoms with E-state index in [0.717, 1.165) is 11.3 Å². The monoisotopic (exact) mass is 521 g/mol. The molecule has 202 valence electrons. The molecule has 0 aliphatic heterocycles.